The Bertz CT molecular complexity index is 1020. The fraction of sp³-hybridized carbons (Fsp3) is 0.273. The summed E-state index contributed by atoms with van der Waals surface area (Å²) >= 11 is 4.25. The molecular weight excluding hydrogens is 470 g/mol. The number of phenols is 1. The van der Waals surface area contributed by atoms with Crippen LogP contribution >= 0.6 is 27.7 Å². The van der Waals surface area contributed by atoms with Gasteiger partial charge in [0.25, 0.3) is 11.1 Å². The first kappa shape index (κ1) is 22.2. The van der Waals surface area contributed by atoms with Crippen molar-refractivity contribution in [2.24, 2.45) is 0 Å². The van der Waals surface area contributed by atoms with E-state index in [1.165, 1.54) is 11.0 Å². The second kappa shape index (κ2) is 9.57. The van der Waals surface area contributed by atoms with Crippen LogP contribution in [0.1, 0.15) is 23.6 Å². The van der Waals surface area contributed by atoms with Crippen molar-refractivity contribution in [1.82, 2.24) is 4.90 Å². The summed E-state index contributed by atoms with van der Waals surface area (Å²) in [5, 5.41) is 9.61. The lowest BCUT2D eigenvalue weighted by atomic mass is 10.1. The SMILES string of the molecule is CCOc1cc(/C=C2\SC(=O)N(CCOc3cc(C)ccc3C)C2=O)c(Br)cc1O. The van der Waals surface area contributed by atoms with Crippen LogP contribution in [0.2, 0.25) is 0 Å². The molecule has 1 N–H and O–H groups in total. The molecule has 0 atom stereocenters. The summed E-state index contributed by atoms with van der Waals surface area (Å²) in [5.41, 5.74) is 2.71. The van der Waals surface area contributed by atoms with Gasteiger partial charge in [0.15, 0.2) is 11.5 Å². The van der Waals surface area contributed by atoms with Gasteiger partial charge in [0.2, 0.25) is 0 Å². The predicted molar refractivity (Wildman–Crippen MR) is 121 cm³/mol. The van der Waals surface area contributed by atoms with Gasteiger partial charge in [-0.15, -0.1) is 0 Å². The Balaban J connectivity index is 1.71. The first-order chi connectivity index (χ1) is 14.3. The number of carbonyl (C=O) groups is 2. The molecule has 2 aromatic carbocycles. The molecule has 1 heterocycles. The Hall–Kier alpha value is -2.45. The molecular formula is C22H22BrNO5S. The summed E-state index contributed by atoms with van der Waals surface area (Å²) < 4.78 is 11.8. The molecule has 158 valence electrons. The summed E-state index contributed by atoms with van der Waals surface area (Å²) in [7, 11) is 0. The van der Waals surface area contributed by atoms with Crippen molar-refractivity contribution < 1.29 is 24.2 Å². The number of carbonyl (C=O) groups excluding carboxylic acids is 2. The van der Waals surface area contributed by atoms with Crippen LogP contribution in [0.25, 0.3) is 6.08 Å². The number of aryl methyl sites for hydroxylation is 2. The summed E-state index contributed by atoms with van der Waals surface area (Å²) in [5.74, 6) is 0.687. The number of thioether (sulfide) groups is 1. The maximum Gasteiger partial charge on any atom is 0.293 e. The highest BCUT2D eigenvalue weighted by molar-refractivity contribution is 9.10. The molecule has 1 saturated heterocycles. The average molecular weight is 492 g/mol. The van der Waals surface area contributed by atoms with E-state index in [1.54, 1.807) is 12.1 Å². The van der Waals surface area contributed by atoms with Crippen LogP contribution in [-0.2, 0) is 4.79 Å². The van der Waals surface area contributed by atoms with E-state index in [2.05, 4.69) is 15.9 Å². The smallest absolute Gasteiger partial charge is 0.293 e. The molecule has 0 bridgehead atoms. The van der Waals surface area contributed by atoms with Gasteiger partial charge in [-0.05, 0) is 73.5 Å². The number of ether oxygens (including phenoxy) is 2. The van der Waals surface area contributed by atoms with Gasteiger partial charge in [0.1, 0.15) is 12.4 Å². The van der Waals surface area contributed by atoms with Crippen molar-refractivity contribution in [1.29, 1.82) is 0 Å². The lowest BCUT2D eigenvalue weighted by Crippen LogP contribution is -2.32. The van der Waals surface area contributed by atoms with Crippen LogP contribution in [-0.4, -0.2) is 40.9 Å². The summed E-state index contributed by atoms with van der Waals surface area (Å²) in [6, 6.07) is 9.03. The molecule has 3 rings (SSSR count). The third-order valence-corrected chi connectivity index (χ3v) is 6.05. The molecule has 1 fully saturated rings. The normalized spacial score (nSPS) is 15.2. The second-order valence-corrected chi connectivity index (χ2v) is 8.57. The Labute approximate surface area is 188 Å². The zero-order chi connectivity index (χ0) is 21.8. The number of benzene rings is 2. The Morgan fingerprint density at radius 2 is 1.90 bits per heavy atom. The quantitative estimate of drug-likeness (QED) is 0.530. The van der Waals surface area contributed by atoms with E-state index in [1.807, 2.05) is 39.0 Å². The number of hydrogen-bond donors (Lipinski definition) is 1. The number of imide groups is 1. The Morgan fingerprint density at radius 3 is 2.63 bits per heavy atom. The van der Waals surface area contributed by atoms with Gasteiger partial charge >= 0.3 is 0 Å². The van der Waals surface area contributed by atoms with Crippen molar-refractivity contribution >= 4 is 44.9 Å². The highest BCUT2D eigenvalue weighted by Crippen LogP contribution is 2.37. The third-order valence-electron chi connectivity index (χ3n) is 4.45. The summed E-state index contributed by atoms with van der Waals surface area (Å²) in [6.07, 6.45) is 1.61. The van der Waals surface area contributed by atoms with Crippen LogP contribution in [0.4, 0.5) is 4.79 Å². The topological polar surface area (TPSA) is 76.1 Å². The van der Waals surface area contributed by atoms with E-state index in [9.17, 15) is 14.7 Å². The summed E-state index contributed by atoms with van der Waals surface area (Å²) in [6.45, 7) is 6.51. The Kier molecular flexibility index (Phi) is 7.10. The zero-order valence-electron chi connectivity index (χ0n) is 16.9. The minimum Gasteiger partial charge on any atom is -0.504 e. The van der Waals surface area contributed by atoms with Crippen molar-refractivity contribution in [2.45, 2.75) is 20.8 Å². The molecule has 0 aromatic heterocycles. The Morgan fingerprint density at radius 1 is 1.13 bits per heavy atom. The molecule has 0 radical (unpaired) electrons. The van der Waals surface area contributed by atoms with Crippen molar-refractivity contribution in [2.75, 3.05) is 19.8 Å². The van der Waals surface area contributed by atoms with Gasteiger partial charge in [-0.25, -0.2) is 0 Å². The highest BCUT2D eigenvalue weighted by Gasteiger charge is 2.35. The number of hydrogen-bond acceptors (Lipinski definition) is 6. The zero-order valence-corrected chi connectivity index (χ0v) is 19.3. The number of amides is 2. The van der Waals surface area contributed by atoms with Gasteiger partial charge in [0.05, 0.1) is 18.1 Å². The molecule has 30 heavy (non-hydrogen) atoms. The van der Waals surface area contributed by atoms with Crippen LogP contribution in [0.15, 0.2) is 39.7 Å². The van der Waals surface area contributed by atoms with Gasteiger partial charge in [-0.1, -0.05) is 28.1 Å². The molecule has 0 saturated carbocycles. The fourth-order valence-corrected chi connectivity index (χ4v) is 4.19. The van der Waals surface area contributed by atoms with Crippen molar-refractivity contribution in [3.05, 3.63) is 56.4 Å². The molecule has 0 unspecified atom stereocenters. The molecule has 6 nitrogen and oxygen atoms in total. The van der Waals surface area contributed by atoms with E-state index in [4.69, 9.17) is 9.47 Å². The standard InChI is InChI=1S/C22H22BrNO5S/c1-4-28-19-10-15(16(23)12-17(19)25)11-20-21(26)24(22(27)30-20)7-8-29-18-9-13(2)5-6-14(18)3/h5-6,9-12,25H,4,7-8H2,1-3H3/b20-11-. The molecule has 0 spiro atoms. The molecule has 8 heteroatoms. The third kappa shape index (κ3) is 4.99. The monoisotopic (exact) mass is 491 g/mol. The van der Waals surface area contributed by atoms with Crippen LogP contribution in [0.3, 0.4) is 0 Å². The first-order valence-corrected chi connectivity index (χ1v) is 11.0. The molecule has 2 aromatic rings. The van der Waals surface area contributed by atoms with E-state index >= 15 is 0 Å². The second-order valence-electron chi connectivity index (χ2n) is 6.73. The van der Waals surface area contributed by atoms with Crippen molar-refractivity contribution in [3.8, 4) is 17.2 Å². The van der Waals surface area contributed by atoms with Gasteiger partial charge in [-0.3, -0.25) is 14.5 Å². The maximum atomic E-state index is 12.7. The average Bonchev–Trinajstić information content (AvgIpc) is 2.95. The van der Waals surface area contributed by atoms with Crippen LogP contribution < -0.4 is 9.47 Å². The number of rotatable bonds is 7. The summed E-state index contributed by atoms with van der Waals surface area (Å²) in [4.78, 5) is 26.6. The number of nitrogens with zero attached hydrogens (tertiary/aromatic N) is 1. The number of halogens is 1. The fourth-order valence-electron chi connectivity index (χ4n) is 2.88. The highest BCUT2D eigenvalue weighted by atomic mass is 79.9. The van der Waals surface area contributed by atoms with Crippen LogP contribution in [0, 0.1) is 13.8 Å². The minimum absolute atomic E-state index is 0.00225. The van der Waals surface area contributed by atoms with Gasteiger partial charge < -0.3 is 14.6 Å². The number of aromatic hydroxyl groups is 1. The van der Waals surface area contributed by atoms with Crippen LogP contribution in [0.5, 0.6) is 17.2 Å². The van der Waals surface area contributed by atoms with Gasteiger partial charge in [0, 0.05) is 4.47 Å². The van der Waals surface area contributed by atoms with Crippen molar-refractivity contribution in [3.63, 3.8) is 0 Å². The lowest BCUT2D eigenvalue weighted by molar-refractivity contribution is -0.123. The van der Waals surface area contributed by atoms with E-state index < -0.39 is 0 Å². The van der Waals surface area contributed by atoms with Gasteiger partial charge in [-0.2, -0.15) is 0 Å². The molecule has 1 aliphatic heterocycles. The largest absolute Gasteiger partial charge is 0.504 e. The van der Waals surface area contributed by atoms with E-state index in [0.29, 0.717) is 27.3 Å². The first-order valence-electron chi connectivity index (χ1n) is 9.41. The maximum absolute atomic E-state index is 12.7. The molecule has 1 aliphatic rings. The lowest BCUT2D eigenvalue weighted by Gasteiger charge is -2.14. The minimum atomic E-state index is -0.368. The molecule has 2 amide bonds. The van der Waals surface area contributed by atoms with E-state index in [0.717, 1.165) is 28.6 Å². The predicted octanol–water partition coefficient (Wildman–Crippen LogP) is 5.29. The number of phenolic OH excluding ortho intramolecular Hbond substituents is 1. The van der Waals surface area contributed by atoms with E-state index in [-0.39, 0.29) is 30.0 Å². The molecule has 0 aliphatic carbocycles.